The standard InChI is InChI=1S/C15H17NO4/c1-2-20-12-5-6-13-11(10-12)7-9-16(15(13)19)8-3-4-14(17)18/h5-7,9-10H,2-4,8H2,1H3,(H,17,18). The van der Waals surface area contributed by atoms with Gasteiger partial charge >= 0.3 is 5.97 Å². The van der Waals surface area contributed by atoms with Crippen LogP contribution in [-0.2, 0) is 11.3 Å². The van der Waals surface area contributed by atoms with Gasteiger partial charge in [-0.15, -0.1) is 0 Å². The number of carboxylic acids is 1. The SMILES string of the molecule is CCOc1ccc2c(=O)n(CCCC(=O)O)ccc2c1. The van der Waals surface area contributed by atoms with E-state index in [0.29, 0.717) is 25.0 Å². The summed E-state index contributed by atoms with van der Waals surface area (Å²) in [6.07, 6.45) is 2.20. The van der Waals surface area contributed by atoms with Crippen molar-refractivity contribution in [3.05, 3.63) is 40.8 Å². The predicted octanol–water partition coefficient (Wildman–Crippen LogP) is 2.27. The molecule has 0 aliphatic carbocycles. The summed E-state index contributed by atoms with van der Waals surface area (Å²) in [7, 11) is 0. The molecule has 0 unspecified atom stereocenters. The molecule has 0 saturated heterocycles. The summed E-state index contributed by atoms with van der Waals surface area (Å²) in [6, 6.07) is 7.20. The molecule has 0 radical (unpaired) electrons. The fourth-order valence-electron chi connectivity index (χ4n) is 2.10. The summed E-state index contributed by atoms with van der Waals surface area (Å²) in [5.74, 6) is -0.108. The van der Waals surface area contributed by atoms with Gasteiger partial charge in [0.2, 0.25) is 0 Å². The summed E-state index contributed by atoms with van der Waals surface area (Å²) >= 11 is 0. The van der Waals surface area contributed by atoms with Gasteiger partial charge in [0.15, 0.2) is 0 Å². The van der Waals surface area contributed by atoms with Crippen LogP contribution in [0.15, 0.2) is 35.3 Å². The summed E-state index contributed by atoms with van der Waals surface area (Å²) in [5.41, 5.74) is -0.101. The third kappa shape index (κ3) is 3.17. The topological polar surface area (TPSA) is 68.5 Å². The first-order valence-corrected chi connectivity index (χ1v) is 6.59. The van der Waals surface area contributed by atoms with E-state index in [0.717, 1.165) is 11.1 Å². The van der Waals surface area contributed by atoms with Crippen LogP contribution < -0.4 is 10.3 Å². The van der Waals surface area contributed by atoms with E-state index in [2.05, 4.69) is 0 Å². The molecule has 0 fully saturated rings. The Balaban J connectivity index is 2.27. The normalized spacial score (nSPS) is 10.7. The zero-order valence-electron chi connectivity index (χ0n) is 11.3. The van der Waals surface area contributed by atoms with Gasteiger partial charge in [-0.25, -0.2) is 0 Å². The Morgan fingerprint density at radius 3 is 2.85 bits per heavy atom. The van der Waals surface area contributed by atoms with Gasteiger partial charge in [0.05, 0.1) is 6.61 Å². The number of benzene rings is 1. The number of rotatable bonds is 6. The van der Waals surface area contributed by atoms with Gasteiger partial charge < -0.3 is 14.4 Å². The molecule has 5 nitrogen and oxygen atoms in total. The molecule has 2 aromatic rings. The van der Waals surface area contributed by atoms with Gasteiger partial charge in [-0.05, 0) is 43.0 Å². The highest BCUT2D eigenvalue weighted by molar-refractivity contribution is 5.82. The Kier molecular flexibility index (Phi) is 4.40. The molecule has 1 aromatic carbocycles. The van der Waals surface area contributed by atoms with E-state index in [1.165, 1.54) is 0 Å². The smallest absolute Gasteiger partial charge is 0.303 e. The number of hydrogen-bond acceptors (Lipinski definition) is 3. The van der Waals surface area contributed by atoms with Gasteiger partial charge in [-0.1, -0.05) is 0 Å². The average molecular weight is 275 g/mol. The van der Waals surface area contributed by atoms with Crippen LogP contribution in [0.3, 0.4) is 0 Å². The van der Waals surface area contributed by atoms with Crippen molar-refractivity contribution in [2.75, 3.05) is 6.61 Å². The third-order valence-corrected chi connectivity index (χ3v) is 3.05. The van der Waals surface area contributed by atoms with Crippen molar-refractivity contribution < 1.29 is 14.6 Å². The van der Waals surface area contributed by atoms with E-state index in [4.69, 9.17) is 9.84 Å². The van der Waals surface area contributed by atoms with Crippen LogP contribution in [0.5, 0.6) is 5.75 Å². The monoisotopic (exact) mass is 275 g/mol. The van der Waals surface area contributed by atoms with E-state index in [-0.39, 0.29) is 12.0 Å². The van der Waals surface area contributed by atoms with Crippen molar-refractivity contribution in [1.29, 1.82) is 0 Å². The molecular weight excluding hydrogens is 258 g/mol. The maximum absolute atomic E-state index is 12.2. The van der Waals surface area contributed by atoms with Crippen LogP contribution in [-0.4, -0.2) is 22.2 Å². The quantitative estimate of drug-likeness (QED) is 0.878. The first-order valence-electron chi connectivity index (χ1n) is 6.59. The second-order valence-electron chi connectivity index (χ2n) is 4.49. The predicted molar refractivity (Wildman–Crippen MR) is 76.2 cm³/mol. The van der Waals surface area contributed by atoms with Crippen molar-refractivity contribution in [3.63, 3.8) is 0 Å². The minimum Gasteiger partial charge on any atom is -0.494 e. The molecule has 0 bridgehead atoms. The highest BCUT2D eigenvalue weighted by Gasteiger charge is 2.05. The van der Waals surface area contributed by atoms with Crippen LogP contribution in [0.1, 0.15) is 19.8 Å². The molecule has 0 saturated carbocycles. The van der Waals surface area contributed by atoms with Crippen molar-refractivity contribution >= 4 is 16.7 Å². The lowest BCUT2D eigenvalue weighted by atomic mass is 10.1. The van der Waals surface area contributed by atoms with E-state index in [1.807, 2.05) is 19.1 Å². The minimum atomic E-state index is -0.847. The van der Waals surface area contributed by atoms with Crippen LogP contribution in [0, 0.1) is 0 Å². The molecule has 0 spiro atoms. The number of nitrogens with zero attached hydrogens (tertiary/aromatic N) is 1. The number of carboxylic acid groups (broad SMARTS) is 1. The van der Waals surface area contributed by atoms with Crippen molar-refractivity contribution in [1.82, 2.24) is 4.57 Å². The summed E-state index contributed by atoms with van der Waals surface area (Å²) in [6.45, 7) is 2.90. The number of aliphatic carboxylic acids is 1. The second kappa shape index (κ2) is 6.23. The minimum absolute atomic E-state index is 0.0632. The van der Waals surface area contributed by atoms with Gasteiger partial charge in [0, 0.05) is 24.5 Å². The Morgan fingerprint density at radius 1 is 1.35 bits per heavy atom. The zero-order valence-corrected chi connectivity index (χ0v) is 11.3. The average Bonchev–Trinajstić information content (AvgIpc) is 2.41. The number of ether oxygens (including phenoxy) is 1. The molecule has 20 heavy (non-hydrogen) atoms. The summed E-state index contributed by atoms with van der Waals surface area (Å²) in [4.78, 5) is 22.7. The number of pyridine rings is 1. The Morgan fingerprint density at radius 2 is 2.15 bits per heavy atom. The molecule has 1 N–H and O–H groups in total. The zero-order chi connectivity index (χ0) is 14.5. The van der Waals surface area contributed by atoms with E-state index in [9.17, 15) is 9.59 Å². The Hall–Kier alpha value is -2.30. The highest BCUT2D eigenvalue weighted by atomic mass is 16.5. The lowest BCUT2D eigenvalue weighted by Crippen LogP contribution is -2.19. The maximum Gasteiger partial charge on any atom is 0.303 e. The molecule has 0 aliphatic rings. The number of fused-ring (bicyclic) bond motifs is 1. The van der Waals surface area contributed by atoms with Gasteiger partial charge in [-0.3, -0.25) is 9.59 Å². The number of carbonyl (C=O) groups is 1. The van der Waals surface area contributed by atoms with Crippen LogP contribution >= 0.6 is 0 Å². The summed E-state index contributed by atoms with van der Waals surface area (Å²) in [5, 5.41) is 10.1. The molecule has 106 valence electrons. The van der Waals surface area contributed by atoms with Crippen LogP contribution in [0.2, 0.25) is 0 Å². The largest absolute Gasteiger partial charge is 0.494 e. The van der Waals surface area contributed by atoms with Gasteiger partial charge in [0.1, 0.15) is 5.75 Å². The number of aromatic nitrogens is 1. The van der Waals surface area contributed by atoms with Crippen molar-refractivity contribution in [3.8, 4) is 5.75 Å². The molecule has 2 rings (SSSR count). The summed E-state index contributed by atoms with van der Waals surface area (Å²) < 4.78 is 6.95. The molecular formula is C15H17NO4. The number of hydrogen-bond donors (Lipinski definition) is 1. The first kappa shape index (κ1) is 14.1. The van der Waals surface area contributed by atoms with Crippen LogP contribution in [0.25, 0.3) is 10.8 Å². The molecule has 1 heterocycles. The van der Waals surface area contributed by atoms with E-state index >= 15 is 0 Å². The molecule has 1 aromatic heterocycles. The van der Waals surface area contributed by atoms with Gasteiger partial charge in [0.25, 0.3) is 5.56 Å². The molecule has 5 heteroatoms. The van der Waals surface area contributed by atoms with Gasteiger partial charge in [-0.2, -0.15) is 0 Å². The van der Waals surface area contributed by atoms with Crippen molar-refractivity contribution in [2.24, 2.45) is 0 Å². The lowest BCUT2D eigenvalue weighted by Gasteiger charge is -2.08. The molecule has 0 atom stereocenters. The molecule has 0 amide bonds. The Labute approximate surface area is 116 Å². The van der Waals surface area contributed by atoms with Crippen LogP contribution in [0.4, 0.5) is 0 Å². The lowest BCUT2D eigenvalue weighted by molar-refractivity contribution is -0.137. The maximum atomic E-state index is 12.2. The Bertz CT molecular complexity index is 675. The number of aryl methyl sites for hydroxylation is 1. The fraction of sp³-hybridized carbons (Fsp3) is 0.333. The van der Waals surface area contributed by atoms with E-state index in [1.54, 1.807) is 22.9 Å². The fourth-order valence-corrected chi connectivity index (χ4v) is 2.10. The third-order valence-electron chi connectivity index (χ3n) is 3.05. The van der Waals surface area contributed by atoms with E-state index < -0.39 is 5.97 Å². The first-order chi connectivity index (χ1) is 9.61. The highest BCUT2D eigenvalue weighted by Crippen LogP contribution is 2.18. The second-order valence-corrected chi connectivity index (χ2v) is 4.49. The molecule has 0 aliphatic heterocycles. The van der Waals surface area contributed by atoms with Crippen molar-refractivity contribution in [2.45, 2.75) is 26.3 Å².